The number of rotatable bonds is 4. The minimum atomic E-state index is 0.853. The summed E-state index contributed by atoms with van der Waals surface area (Å²) in [6, 6.07) is 59.6. The fraction of sp³-hybridized carbons (Fsp3) is 0. The first-order chi connectivity index (χ1) is 22.8. The molecule has 4 heteroatoms. The molecule has 216 valence electrons. The summed E-state index contributed by atoms with van der Waals surface area (Å²) in [5, 5.41) is 0. The van der Waals surface area contributed by atoms with Gasteiger partial charge in [0.1, 0.15) is 0 Å². The van der Waals surface area contributed by atoms with Crippen LogP contribution in [0.3, 0.4) is 0 Å². The van der Waals surface area contributed by atoms with Crippen LogP contribution in [-0.2, 0) is 0 Å². The molecule has 0 unspecified atom stereocenters. The summed E-state index contributed by atoms with van der Waals surface area (Å²) in [7, 11) is 0. The standard InChI is InChI=1S/C42H28N4/c1-3-14-29(15-4-1)32-27-37(30-16-5-2-6-17-30)43-38(28-32)31-18-13-19-33(26-31)45-39-23-10-7-20-34(39)35-21-8-11-24-40(35)46-41-25-12-9-22-36(41)44-42(45)46/h1-28H. The van der Waals surface area contributed by atoms with E-state index in [4.69, 9.17) is 9.97 Å². The van der Waals surface area contributed by atoms with E-state index in [2.05, 4.69) is 173 Å². The van der Waals surface area contributed by atoms with Crippen LogP contribution in [0.25, 0.3) is 61.5 Å². The molecular formula is C42H28N4. The molecule has 46 heavy (non-hydrogen) atoms. The van der Waals surface area contributed by atoms with Gasteiger partial charge in [0, 0.05) is 27.9 Å². The zero-order valence-electron chi connectivity index (χ0n) is 25.0. The molecule has 2 aromatic heterocycles. The molecule has 3 heterocycles. The molecule has 8 aromatic rings. The van der Waals surface area contributed by atoms with Crippen molar-refractivity contribution >= 4 is 28.4 Å². The second-order valence-electron chi connectivity index (χ2n) is 11.5. The van der Waals surface area contributed by atoms with E-state index in [-0.39, 0.29) is 0 Å². The quantitative estimate of drug-likeness (QED) is 0.205. The van der Waals surface area contributed by atoms with E-state index < -0.39 is 0 Å². The number of para-hydroxylation sites is 4. The highest BCUT2D eigenvalue weighted by Crippen LogP contribution is 2.47. The highest BCUT2D eigenvalue weighted by molar-refractivity contribution is 5.96. The third-order valence-electron chi connectivity index (χ3n) is 8.73. The Balaban J connectivity index is 1.27. The zero-order chi connectivity index (χ0) is 30.5. The van der Waals surface area contributed by atoms with Crippen LogP contribution in [0.1, 0.15) is 0 Å². The van der Waals surface area contributed by atoms with Crippen molar-refractivity contribution in [1.29, 1.82) is 0 Å². The van der Waals surface area contributed by atoms with Gasteiger partial charge in [-0.25, -0.2) is 9.97 Å². The highest BCUT2D eigenvalue weighted by atomic mass is 15.3. The number of anilines is 3. The SMILES string of the molecule is c1ccc(-c2cc(-c3ccccc3)nc(-c3cccc(N4c5ccccc5-c5ccccc5-n5c4nc4ccccc45)c3)c2)cc1. The topological polar surface area (TPSA) is 34.0 Å². The maximum absolute atomic E-state index is 5.25. The number of benzene rings is 6. The minimum Gasteiger partial charge on any atom is -0.280 e. The van der Waals surface area contributed by atoms with E-state index in [1.165, 1.54) is 5.56 Å². The third kappa shape index (κ3) is 4.31. The van der Waals surface area contributed by atoms with Gasteiger partial charge < -0.3 is 0 Å². The van der Waals surface area contributed by atoms with Gasteiger partial charge in [0.25, 0.3) is 0 Å². The number of hydrogen-bond donors (Lipinski definition) is 0. The number of pyridine rings is 1. The van der Waals surface area contributed by atoms with Crippen molar-refractivity contribution < 1.29 is 0 Å². The summed E-state index contributed by atoms with van der Waals surface area (Å²) in [5.41, 5.74) is 13.9. The molecule has 4 nitrogen and oxygen atoms in total. The van der Waals surface area contributed by atoms with Gasteiger partial charge >= 0.3 is 0 Å². The van der Waals surface area contributed by atoms with Crippen LogP contribution in [0.5, 0.6) is 0 Å². The van der Waals surface area contributed by atoms with Gasteiger partial charge in [0.15, 0.2) is 0 Å². The molecule has 0 atom stereocenters. The van der Waals surface area contributed by atoms with Gasteiger partial charge in [-0.3, -0.25) is 9.47 Å². The summed E-state index contributed by atoms with van der Waals surface area (Å²) < 4.78 is 2.29. The lowest BCUT2D eigenvalue weighted by Crippen LogP contribution is -2.14. The molecule has 6 aromatic carbocycles. The summed E-state index contributed by atoms with van der Waals surface area (Å²) in [6.45, 7) is 0. The molecule has 1 aliphatic heterocycles. The smallest absolute Gasteiger partial charge is 0.220 e. The van der Waals surface area contributed by atoms with Crippen LogP contribution in [0.15, 0.2) is 170 Å². The van der Waals surface area contributed by atoms with Gasteiger partial charge in [-0.15, -0.1) is 0 Å². The Morgan fingerprint density at radius 3 is 1.76 bits per heavy atom. The Hall–Kier alpha value is -6.26. The first-order valence-electron chi connectivity index (χ1n) is 15.5. The lowest BCUT2D eigenvalue weighted by Gasteiger charge is -2.25. The van der Waals surface area contributed by atoms with E-state index in [1.807, 2.05) is 6.07 Å². The molecule has 0 spiro atoms. The van der Waals surface area contributed by atoms with E-state index in [9.17, 15) is 0 Å². The second kappa shape index (κ2) is 10.7. The molecule has 0 saturated heterocycles. The Labute approximate surface area is 267 Å². The van der Waals surface area contributed by atoms with Crippen LogP contribution >= 0.6 is 0 Å². The second-order valence-corrected chi connectivity index (χ2v) is 11.5. The largest absolute Gasteiger partial charge is 0.280 e. The number of hydrogen-bond acceptors (Lipinski definition) is 3. The van der Waals surface area contributed by atoms with E-state index in [1.54, 1.807) is 0 Å². The van der Waals surface area contributed by atoms with Crippen molar-refractivity contribution in [3.05, 3.63) is 170 Å². The lowest BCUT2D eigenvalue weighted by atomic mass is 9.99. The summed E-state index contributed by atoms with van der Waals surface area (Å²) in [6.07, 6.45) is 0. The number of imidazole rings is 1. The Morgan fingerprint density at radius 2 is 0.978 bits per heavy atom. The number of aromatic nitrogens is 3. The van der Waals surface area contributed by atoms with Crippen LogP contribution < -0.4 is 4.90 Å². The summed E-state index contributed by atoms with van der Waals surface area (Å²) in [4.78, 5) is 12.8. The molecule has 0 fully saturated rings. The highest BCUT2D eigenvalue weighted by Gasteiger charge is 2.29. The molecule has 0 saturated carbocycles. The molecule has 0 aliphatic carbocycles. The molecule has 0 N–H and O–H groups in total. The predicted molar refractivity (Wildman–Crippen MR) is 189 cm³/mol. The molecule has 1 aliphatic rings. The molecule has 0 radical (unpaired) electrons. The molecule has 9 rings (SSSR count). The van der Waals surface area contributed by atoms with E-state index in [0.29, 0.717) is 0 Å². The summed E-state index contributed by atoms with van der Waals surface area (Å²) >= 11 is 0. The van der Waals surface area contributed by atoms with Crippen molar-refractivity contribution in [1.82, 2.24) is 14.5 Å². The zero-order valence-corrected chi connectivity index (χ0v) is 25.0. The Morgan fingerprint density at radius 1 is 0.391 bits per heavy atom. The Kier molecular flexibility index (Phi) is 6.10. The fourth-order valence-corrected chi connectivity index (χ4v) is 6.59. The van der Waals surface area contributed by atoms with Gasteiger partial charge in [0.2, 0.25) is 5.95 Å². The molecule has 0 bridgehead atoms. The van der Waals surface area contributed by atoms with Gasteiger partial charge in [-0.1, -0.05) is 121 Å². The number of fused-ring (bicyclic) bond motifs is 7. The van der Waals surface area contributed by atoms with Crippen molar-refractivity contribution in [2.24, 2.45) is 0 Å². The van der Waals surface area contributed by atoms with Crippen molar-refractivity contribution in [3.63, 3.8) is 0 Å². The van der Waals surface area contributed by atoms with Crippen molar-refractivity contribution in [2.45, 2.75) is 0 Å². The Bertz CT molecular complexity index is 2320. The van der Waals surface area contributed by atoms with Crippen LogP contribution in [0.2, 0.25) is 0 Å². The van der Waals surface area contributed by atoms with Crippen LogP contribution in [0, 0.1) is 0 Å². The monoisotopic (exact) mass is 588 g/mol. The van der Waals surface area contributed by atoms with Crippen LogP contribution in [-0.4, -0.2) is 14.5 Å². The van der Waals surface area contributed by atoms with Gasteiger partial charge in [0.05, 0.1) is 33.8 Å². The van der Waals surface area contributed by atoms with E-state index in [0.717, 1.165) is 73.2 Å². The van der Waals surface area contributed by atoms with Crippen molar-refractivity contribution in [2.75, 3.05) is 4.90 Å². The third-order valence-corrected chi connectivity index (χ3v) is 8.73. The van der Waals surface area contributed by atoms with Gasteiger partial charge in [-0.2, -0.15) is 0 Å². The normalized spacial score (nSPS) is 11.9. The van der Waals surface area contributed by atoms with Gasteiger partial charge in [-0.05, 0) is 59.7 Å². The van der Waals surface area contributed by atoms with Crippen LogP contribution in [0.4, 0.5) is 17.3 Å². The average molecular weight is 589 g/mol. The summed E-state index contributed by atoms with van der Waals surface area (Å²) in [5.74, 6) is 0.853. The predicted octanol–water partition coefficient (Wildman–Crippen LogP) is 10.9. The molecular weight excluding hydrogens is 560 g/mol. The fourth-order valence-electron chi connectivity index (χ4n) is 6.59. The first kappa shape index (κ1) is 26.2. The first-order valence-corrected chi connectivity index (χ1v) is 15.5. The lowest BCUT2D eigenvalue weighted by molar-refractivity contribution is 1.05. The maximum atomic E-state index is 5.25. The number of nitrogens with zero attached hydrogens (tertiary/aromatic N) is 4. The average Bonchev–Trinajstić information content (AvgIpc) is 3.46. The molecule has 0 amide bonds. The van der Waals surface area contributed by atoms with Crippen molar-refractivity contribution in [3.8, 4) is 50.5 Å². The minimum absolute atomic E-state index is 0.853. The van der Waals surface area contributed by atoms with E-state index >= 15 is 0 Å². The maximum Gasteiger partial charge on any atom is 0.220 e.